The van der Waals surface area contributed by atoms with Gasteiger partial charge < -0.3 is 19.3 Å². The van der Waals surface area contributed by atoms with E-state index in [9.17, 15) is 0 Å². The maximum atomic E-state index is 6.09. The number of hydrogen-bond donors (Lipinski definition) is 0. The van der Waals surface area contributed by atoms with Crippen molar-refractivity contribution < 1.29 is 9.47 Å². The predicted octanol–water partition coefficient (Wildman–Crippen LogP) is 3.21. The molecule has 6 heteroatoms. The van der Waals surface area contributed by atoms with Gasteiger partial charge >= 0.3 is 0 Å². The van der Waals surface area contributed by atoms with Crippen molar-refractivity contribution in [2.75, 3.05) is 55.5 Å². The zero-order valence-corrected chi connectivity index (χ0v) is 21.4. The second kappa shape index (κ2) is 13.1. The Balaban J connectivity index is 0.000000519. The maximum absolute atomic E-state index is 6.09. The molecule has 0 saturated carbocycles. The highest BCUT2D eigenvalue weighted by molar-refractivity contribution is 6.71. The summed E-state index contributed by atoms with van der Waals surface area (Å²) in [6.07, 6.45) is 0. The van der Waals surface area contributed by atoms with Crippen LogP contribution in [-0.4, -0.2) is 78.7 Å². The molecule has 0 N–H and O–H groups in total. The van der Waals surface area contributed by atoms with Crippen molar-refractivity contribution in [3.63, 3.8) is 0 Å². The minimum Gasteiger partial charge on any atom is -0.340 e. The van der Waals surface area contributed by atoms with Crippen LogP contribution in [0.4, 0.5) is 0 Å². The van der Waals surface area contributed by atoms with Crippen molar-refractivity contribution in [2.45, 2.75) is 33.1 Å². The van der Waals surface area contributed by atoms with Gasteiger partial charge in [-0.25, -0.2) is 0 Å². The molecule has 0 bridgehead atoms. The summed E-state index contributed by atoms with van der Waals surface area (Å²) in [5, 5.41) is 0. The van der Waals surface area contributed by atoms with Gasteiger partial charge in [-0.15, -0.1) is 0 Å². The summed E-state index contributed by atoms with van der Waals surface area (Å²) in [4.78, 5) is 4.00. The molecule has 0 radical (unpaired) electrons. The van der Waals surface area contributed by atoms with Crippen LogP contribution >= 0.6 is 0 Å². The van der Waals surface area contributed by atoms with E-state index in [1.165, 1.54) is 10.9 Å². The van der Waals surface area contributed by atoms with Crippen molar-refractivity contribution in [1.82, 2.24) is 9.80 Å². The summed E-state index contributed by atoms with van der Waals surface area (Å²) in [5.41, 5.74) is 4.79. The molecule has 2 aromatic rings. The van der Waals surface area contributed by atoms with Crippen LogP contribution in [-0.2, 0) is 15.3 Å². The van der Waals surface area contributed by atoms with Gasteiger partial charge in [-0.05, 0) is 42.3 Å². The summed E-state index contributed by atoms with van der Waals surface area (Å²) in [7, 11) is 12.0. The lowest BCUT2D eigenvalue weighted by Gasteiger charge is -2.29. The zero-order chi connectivity index (χ0) is 23.6. The first kappa shape index (κ1) is 27.4. The molecule has 0 atom stereocenters. The summed E-state index contributed by atoms with van der Waals surface area (Å²) in [5.74, 6) is -0.759. The first-order valence-electron chi connectivity index (χ1n) is 11.2. The predicted molar refractivity (Wildman–Crippen MR) is 139 cm³/mol. The van der Waals surface area contributed by atoms with Crippen LogP contribution in [0.15, 0.2) is 48.5 Å². The molecule has 31 heavy (non-hydrogen) atoms. The largest absolute Gasteiger partial charge is 0.340 e. The summed E-state index contributed by atoms with van der Waals surface area (Å²) in [6, 6.07) is 17.2. The number of rotatable bonds is 4. The van der Waals surface area contributed by atoms with Crippen LogP contribution in [0.5, 0.6) is 0 Å². The van der Waals surface area contributed by atoms with E-state index in [-0.39, 0.29) is 0 Å². The third-order valence-electron chi connectivity index (χ3n) is 4.61. The molecule has 1 fully saturated rings. The summed E-state index contributed by atoms with van der Waals surface area (Å²) in [6.45, 7) is 11.1. The SMILES string of the molecule is CB(C)c1ccc(C2(c3ccc(B(C)C)cc3)OCCO2)cc1.CN(C)C.CN(C)C. The normalized spacial score (nSPS) is 14.5. The average molecular weight is 424 g/mol. The standard InChI is InChI=1S/C19H24B2O2.2C3H9N/c1-20(2)17-9-5-15(6-10-17)19(22-13-14-23-19)16-7-11-18(12-8-16)21(3)4;2*1-4(2)3/h5-12H,13-14H2,1-4H3;2*1-3H3. The second-order valence-corrected chi connectivity index (χ2v) is 9.55. The first-order valence-corrected chi connectivity index (χ1v) is 11.2. The molecule has 0 unspecified atom stereocenters. The Morgan fingerprint density at radius 2 is 0.839 bits per heavy atom. The number of hydrogen-bond acceptors (Lipinski definition) is 4. The van der Waals surface area contributed by atoms with Crippen LogP contribution in [0, 0.1) is 0 Å². The van der Waals surface area contributed by atoms with Gasteiger partial charge in [0.05, 0.1) is 13.2 Å². The van der Waals surface area contributed by atoms with Crippen molar-refractivity contribution in [3.8, 4) is 0 Å². The Morgan fingerprint density at radius 1 is 0.581 bits per heavy atom. The number of benzene rings is 2. The van der Waals surface area contributed by atoms with Gasteiger partial charge in [-0.3, -0.25) is 0 Å². The van der Waals surface area contributed by atoms with Gasteiger partial charge in [0.1, 0.15) is 0 Å². The topological polar surface area (TPSA) is 24.9 Å². The van der Waals surface area contributed by atoms with E-state index >= 15 is 0 Å². The van der Waals surface area contributed by atoms with Gasteiger partial charge in [-0.2, -0.15) is 0 Å². The summed E-state index contributed by atoms with van der Waals surface area (Å²) < 4.78 is 12.2. The molecule has 1 aliphatic rings. The fraction of sp³-hybridized carbons (Fsp3) is 0.520. The van der Waals surface area contributed by atoms with Gasteiger partial charge in [-0.1, -0.05) is 86.7 Å². The van der Waals surface area contributed by atoms with Crippen LogP contribution < -0.4 is 10.9 Å². The lowest BCUT2D eigenvalue weighted by molar-refractivity contribution is -0.129. The van der Waals surface area contributed by atoms with E-state index in [0.717, 1.165) is 11.1 Å². The number of ether oxygens (including phenoxy) is 2. The third kappa shape index (κ3) is 8.82. The highest BCUT2D eigenvalue weighted by Gasteiger charge is 2.40. The van der Waals surface area contributed by atoms with Crippen LogP contribution in [0.1, 0.15) is 11.1 Å². The molecule has 0 aromatic heterocycles. The summed E-state index contributed by atoms with van der Waals surface area (Å²) >= 11 is 0. The molecule has 4 nitrogen and oxygen atoms in total. The molecule has 1 saturated heterocycles. The van der Waals surface area contributed by atoms with Crippen molar-refractivity contribution in [2.24, 2.45) is 0 Å². The van der Waals surface area contributed by atoms with Gasteiger partial charge in [0, 0.05) is 11.1 Å². The lowest BCUT2D eigenvalue weighted by Crippen LogP contribution is -2.31. The molecular weight excluding hydrogens is 382 g/mol. The van der Waals surface area contributed by atoms with Crippen LogP contribution in [0.2, 0.25) is 27.3 Å². The third-order valence-corrected chi connectivity index (χ3v) is 4.61. The van der Waals surface area contributed by atoms with Crippen molar-refractivity contribution >= 4 is 24.4 Å². The highest BCUT2D eigenvalue weighted by atomic mass is 16.7. The molecule has 1 aliphatic heterocycles. The molecule has 1 heterocycles. The van der Waals surface area contributed by atoms with Gasteiger partial charge in [0.25, 0.3) is 0 Å². The van der Waals surface area contributed by atoms with E-state index in [4.69, 9.17) is 9.47 Å². The lowest BCUT2D eigenvalue weighted by atomic mass is 9.49. The fourth-order valence-corrected chi connectivity index (χ4v) is 3.09. The minimum atomic E-state index is -0.759. The Kier molecular flexibility index (Phi) is 11.6. The van der Waals surface area contributed by atoms with E-state index in [1.54, 1.807) is 0 Å². The molecule has 2 aromatic carbocycles. The van der Waals surface area contributed by atoms with Crippen LogP contribution in [0.25, 0.3) is 0 Å². The van der Waals surface area contributed by atoms with Gasteiger partial charge in [0.2, 0.25) is 5.79 Å². The Labute approximate surface area is 192 Å². The molecule has 0 spiro atoms. The monoisotopic (exact) mass is 424 g/mol. The second-order valence-electron chi connectivity index (χ2n) is 9.55. The van der Waals surface area contributed by atoms with Crippen molar-refractivity contribution in [1.29, 1.82) is 0 Å². The van der Waals surface area contributed by atoms with E-state index in [0.29, 0.717) is 26.6 Å². The molecule has 0 aliphatic carbocycles. The van der Waals surface area contributed by atoms with E-state index in [1.807, 2.05) is 52.1 Å². The Morgan fingerprint density at radius 3 is 1.06 bits per heavy atom. The molecular formula is C25H42B2N2O2. The molecule has 3 rings (SSSR count). The molecule has 170 valence electrons. The Hall–Kier alpha value is -1.59. The maximum Gasteiger partial charge on any atom is 0.222 e. The van der Waals surface area contributed by atoms with Crippen LogP contribution in [0.3, 0.4) is 0 Å². The van der Waals surface area contributed by atoms with E-state index in [2.05, 4.69) is 75.8 Å². The average Bonchev–Trinajstić information content (AvgIpc) is 3.18. The zero-order valence-electron chi connectivity index (χ0n) is 21.4. The first-order chi connectivity index (χ1) is 14.5. The smallest absolute Gasteiger partial charge is 0.222 e. The van der Waals surface area contributed by atoms with E-state index < -0.39 is 5.79 Å². The number of nitrogens with zero attached hydrogens (tertiary/aromatic N) is 2. The van der Waals surface area contributed by atoms with Crippen molar-refractivity contribution in [3.05, 3.63) is 59.7 Å². The van der Waals surface area contributed by atoms with Gasteiger partial charge in [0.15, 0.2) is 13.4 Å². The molecule has 0 amide bonds. The highest BCUT2D eigenvalue weighted by Crippen LogP contribution is 2.37. The Bertz CT molecular complexity index is 674. The fourth-order valence-electron chi connectivity index (χ4n) is 3.09. The quantitative estimate of drug-likeness (QED) is 0.704. The minimum absolute atomic E-state index is 0.524.